The Kier molecular flexibility index (Phi) is 13.7. The van der Waals surface area contributed by atoms with Crippen LogP contribution in [0.25, 0.3) is 0 Å². The molecule has 1 saturated carbocycles. The Hall–Kier alpha value is -4.70. The second-order valence-electron chi connectivity index (χ2n) is 12.8. The molecule has 0 N–H and O–H groups in total. The summed E-state index contributed by atoms with van der Waals surface area (Å²) in [6, 6.07) is 44.1. The van der Waals surface area contributed by atoms with Crippen molar-refractivity contribution >= 4 is 0 Å². The van der Waals surface area contributed by atoms with Gasteiger partial charge >= 0.3 is 0 Å². The number of rotatable bonds is 18. The van der Waals surface area contributed by atoms with Crippen LogP contribution in [0.4, 0.5) is 0 Å². The van der Waals surface area contributed by atoms with Gasteiger partial charge in [-0.05, 0) is 64.2 Å². The van der Waals surface area contributed by atoms with Crippen molar-refractivity contribution in [1.29, 1.82) is 0 Å². The largest absolute Gasteiger partial charge is 0.497 e. The van der Waals surface area contributed by atoms with Gasteiger partial charge in [-0.1, -0.05) is 97.1 Å². The van der Waals surface area contributed by atoms with Gasteiger partial charge in [0.1, 0.15) is 35.6 Å². The van der Waals surface area contributed by atoms with E-state index in [1.54, 1.807) is 21.3 Å². The Morgan fingerprint density at radius 3 is 0.962 bits per heavy atom. The molecule has 8 nitrogen and oxygen atoms in total. The average Bonchev–Trinajstić information content (AvgIpc) is 3.21. The predicted molar refractivity (Wildman–Crippen MR) is 199 cm³/mol. The van der Waals surface area contributed by atoms with E-state index in [0.717, 1.165) is 45.1 Å². The molecule has 0 aromatic heterocycles. The fourth-order valence-corrected chi connectivity index (χ4v) is 6.32. The van der Waals surface area contributed by atoms with Crippen LogP contribution in [-0.4, -0.2) is 51.8 Å². The minimum absolute atomic E-state index is 0.332. The first-order chi connectivity index (χ1) is 25.6. The molecule has 5 atom stereocenters. The maximum Gasteiger partial charge on any atom is 0.118 e. The highest BCUT2D eigenvalue weighted by Gasteiger charge is 2.48. The molecule has 0 saturated heterocycles. The molecule has 0 radical (unpaired) electrons. The van der Waals surface area contributed by atoms with Crippen molar-refractivity contribution < 1.29 is 37.9 Å². The zero-order chi connectivity index (χ0) is 36.0. The summed E-state index contributed by atoms with van der Waals surface area (Å²) in [5.74, 6) is 2.37. The number of hydrogen-bond donors (Lipinski definition) is 0. The van der Waals surface area contributed by atoms with Gasteiger partial charge in [-0.3, -0.25) is 0 Å². The van der Waals surface area contributed by atoms with Crippen LogP contribution in [0.15, 0.2) is 133 Å². The Balaban J connectivity index is 1.32. The minimum atomic E-state index is -0.542. The normalized spacial score (nSPS) is 19.9. The van der Waals surface area contributed by atoms with Crippen molar-refractivity contribution in [3.8, 4) is 17.2 Å². The third-order valence-electron chi connectivity index (χ3n) is 9.26. The lowest BCUT2D eigenvalue weighted by molar-refractivity contribution is -0.250. The van der Waals surface area contributed by atoms with E-state index >= 15 is 0 Å². The molecule has 0 spiro atoms. The van der Waals surface area contributed by atoms with Crippen LogP contribution < -0.4 is 14.2 Å². The molecule has 1 fully saturated rings. The van der Waals surface area contributed by atoms with Crippen LogP contribution in [0, 0.1) is 0 Å². The van der Waals surface area contributed by atoms with Gasteiger partial charge in [-0.15, -0.1) is 0 Å². The molecule has 272 valence electrons. The van der Waals surface area contributed by atoms with E-state index in [-0.39, 0.29) is 12.2 Å². The van der Waals surface area contributed by atoms with Crippen molar-refractivity contribution in [3.05, 3.63) is 161 Å². The molecule has 0 bridgehead atoms. The summed E-state index contributed by atoms with van der Waals surface area (Å²) >= 11 is 0. The van der Waals surface area contributed by atoms with Crippen LogP contribution in [0.3, 0.4) is 0 Å². The Morgan fingerprint density at radius 1 is 0.346 bits per heavy atom. The van der Waals surface area contributed by atoms with Gasteiger partial charge in [0.2, 0.25) is 0 Å². The standard InChI is InChI=1S/C44H48O8/c1-45-37-20-14-34(15-21-37)28-49-41-26-40(48-27-32-10-6-4-7-11-32)43(51-30-35-16-22-38(46-2)23-17-35)44(42(41)50-29-33-12-8-5-9-13-33)52-31-36-18-24-39(47-3)25-19-36/h4-25,40-44H,26-31H2,1-3H3/t40-,41-,42+,43-,44-/m1/s1. The fourth-order valence-electron chi connectivity index (χ4n) is 6.32. The summed E-state index contributed by atoms with van der Waals surface area (Å²) in [6.45, 7) is 1.87. The second kappa shape index (κ2) is 19.2. The zero-order valence-corrected chi connectivity index (χ0v) is 30.1. The van der Waals surface area contributed by atoms with Crippen LogP contribution in [0.1, 0.15) is 34.2 Å². The van der Waals surface area contributed by atoms with Gasteiger partial charge in [-0.2, -0.15) is 0 Å². The third-order valence-corrected chi connectivity index (χ3v) is 9.26. The van der Waals surface area contributed by atoms with Crippen molar-refractivity contribution in [1.82, 2.24) is 0 Å². The Bertz CT molecular complexity index is 1730. The van der Waals surface area contributed by atoms with Gasteiger partial charge in [0.15, 0.2) is 0 Å². The monoisotopic (exact) mass is 704 g/mol. The first-order valence-electron chi connectivity index (χ1n) is 17.7. The molecular formula is C44H48O8. The average molecular weight is 705 g/mol. The maximum atomic E-state index is 6.89. The molecule has 0 amide bonds. The molecule has 8 heteroatoms. The van der Waals surface area contributed by atoms with Crippen LogP contribution in [0.5, 0.6) is 17.2 Å². The van der Waals surface area contributed by atoms with E-state index in [2.05, 4.69) is 24.3 Å². The summed E-state index contributed by atoms with van der Waals surface area (Å²) in [5, 5.41) is 0. The minimum Gasteiger partial charge on any atom is -0.497 e. The number of ether oxygens (including phenoxy) is 8. The Labute approximate surface area is 307 Å². The van der Waals surface area contributed by atoms with Crippen LogP contribution in [-0.2, 0) is 56.7 Å². The first kappa shape index (κ1) is 37.1. The van der Waals surface area contributed by atoms with Gasteiger partial charge in [0.25, 0.3) is 0 Å². The quantitative estimate of drug-likeness (QED) is 0.0902. The second-order valence-corrected chi connectivity index (χ2v) is 12.8. The third kappa shape index (κ3) is 10.4. The number of hydrogen-bond acceptors (Lipinski definition) is 8. The lowest BCUT2D eigenvalue weighted by Gasteiger charge is -2.46. The first-order valence-corrected chi connectivity index (χ1v) is 17.7. The maximum absolute atomic E-state index is 6.89. The molecule has 1 aliphatic rings. The molecule has 0 unspecified atom stereocenters. The molecule has 5 aromatic rings. The van der Waals surface area contributed by atoms with Crippen molar-refractivity contribution in [3.63, 3.8) is 0 Å². The molecule has 5 aromatic carbocycles. The summed E-state index contributed by atoms with van der Waals surface area (Å²) in [7, 11) is 4.99. The van der Waals surface area contributed by atoms with Crippen molar-refractivity contribution in [2.75, 3.05) is 21.3 Å². The fraction of sp³-hybridized carbons (Fsp3) is 0.318. The topological polar surface area (TPSA) is 73.8 Å². The summed E-state index contributed by atoms with van der Waals surface area (Å²) in [5.41, 5.74) is 5.17. The van der Waals surface area contributed by atoms with E-state index < -0.39 is 18.3 Å². The summed E-state index contributed by atoms with van der Waals surface area (Å²) in [4.78, 5) is 0. The highest BCUT2D eigenvalue weighted by molar-refractivity contribution is 5.28. The molecule has 1 aliphatic carbocycles. The molecule has 0 heterocycles. The predicted octanol–water partition coefficient (Wildman–Crippen LogP) is 8.34. The van der Waals surface area contributed by atoms with E-state index in [9.17, 15) is 0 Å². The number of benzene rings is 5. The lowest BCUT2D eigenvalue weighted by atomic mass is 9.86. The van der Waals surface area contributed by atoms with Gasteiger partial charge in [-0.25, -0.2) is 0 Å². The number of methoxy groups -OCH3 is 3. The van der Waals surface area contributed by atoms with Gasteiger partial charge in [0, 0.05) is 6.42 Å². The molecule has 6 rings (SSSR count). The SMILES string of the molecule is COc1ccc(CO[C@@H]2[C@@H](OCc3ccccc3)[C@H](OCc3ccc(OC)cc3)C[C@@H](OCc3ccccc3)[C@H]2OCc2ccc(OC)cc2)cc1. The van der Waals surface area contributed by atoms with E-state index in [1.807, 2.05) is 109 Å². The Morgan fingerprint density at radius 2 is 0.635 bits per heavy atom. The summed E-state index contributed by atoms with van der Waals surface area (Å²) in [6.07, 6.45) is -1.69. The van der Waals surface area contributed by atoms with Crippen LogP contribution >= 0.6 is 0 Å². The highest BCUT2D eigenvalue weighted by atomic mass is 16.6. The smallest absolute Gasteiger partial charge is 0.118 e. The van der Waals surface area contributed by atoms with E-state index in [4.69, 9.17) is 37.9 Å². The summed E-state index contributed by atoms with van der Waals surface area (Å²) < 4.78 is 50.2. The van der Waals surface area contributed by atoms with Crippen molar-refractivity contribution in [2.24, 2.45) is 0 Å². The zero-order valence-electron chi connectivity index (χ0n) is 30.1. The van der Waals surface area contributed by atoms with Crippen molar-refractivity contribution in [2.45, 2.75) is 70.0 Å². The highest BCUT2D eigenvalue weighted by Crippen LogP contribution is 2.35. The van der Waals surface area contributed by atoms with E-state index in [0.29, 0.717) is 39.5 Å². The van der Waals surface area contributed by atoms with E-state index in [1.165, 1.54) is 0 Å². The molecular weight excluding hydrogens is 656 g/mol. The lowest BCUT2D eigenvalue weighted by Crippen LogP contribution is -2.59. The van der Waals surface area contributed by atoms with Gasteiger partial charge in [0.05, 0.1) is 66.6 Å². The van der Waals surface area contributed by atoms with Crippen LogP contribution in [0.2, 0.25) is 0 Å². The van der Waals surface area contributed by atoms with Gasteiger partial charge < -0.3 is 37.9 Å². The molecule has 0 aliphatic heterocycles. The molecule has 52 heavy (non-hydrogen) atoms.